The Morgan fingerprint density at radius 3 is 2.49 bits per heavy atom. The predicted octanol–water partition coefficient (Wildman–Crippen LogP) is 4.70. The normalized spacial score (nSPS) is 19.5. The van der Waals surface area contributed by atoms with Crippen LogP contribution in [0.4, 0.5) is 13.2 Å². The molecule has 1 saturated carbocycles. The van der Waals surface area contributed by atoms with Gasteiger partial charge in [-0.05, 0) is 38.5 Å². The molecule has 0 spiro atoms. The Morgan fingerprint density at radius 2 is 1.95 bits per heavy atom. The fourth-order valence-corrected chi connectivity index (χ4v) is 5.97. The third-order valence-electron chi connectivity index (χ3n) is 6.83. The summed E-state index contributed by atoms with van der Waals surface area (Å²) in [5, 5.41) is 6.95. The number of hydrogen-bond donors (Lipinski definition) is 1. The number of pyridine rings is 1. The van der Waals surface area contributed by atoms with Gasteiger partial charge in [0.25, 0.3) is 5.91 Å². The first-order valence-corrected chi connectivity index (χ1v) is 14.4. The summed E-state index contributed by atoms with van der Waals surface area (Å²) in [4.78, 5) is 17.1. The van der Waals surface area contributed by atoms with Crippen molar-refractivity contribution in [3.8, 4) is 17.0 Å². The number of alkyl halides is 3. The molecule has 0 aromatic carbocycles. The molecule has 1 atom stereocenters. The number of carbonyl (C=O) groups excluding carboxylic acids is 1. The molecule has 8 nitrogen and oxygen atoms in total. The van der Waals surface area contributed by atoms with Crippen LogP contribution >= 0.6 is 11.6 Å². The fourth-order valence-electron chi connectivity index (χ4n) is 4.52. The fraction of sp³-hybridized carbons (Fsp3) is 0.625. The molecule has 3 rings (SSSR count). The van der Waals surface area contributed by atoms with Crippen LogP contribution in [0.3, 0.4) is 0 Å². The lowest BCUT2D eigenvalue weighted by Gasteiger charge is -2.27. The molecular weight excluding hydrogens is 533 g/mol. The Morgan fingerprint density at radius 1 is 1.30 bits per heavy atom. The summed E-state index contributed by atoms with van der Waals surface area (Å²) in [6.45, 7) is 3.64. The molecule has 0 bridgehead atoms. The molecule has 2 aromatic heterocycles. The van der Waals surface area contributed by atoms with Gasteiger partial charge < -0.3 is 10.1 Å². The highest BCUT2D eigenvalue weighted by Gasteiger charge is 2.36. The Hall–Kier alpha value is -2.34. The van der Waals surface area contributed by atoms with Crippen LogP contribution in [-0.2, 0) is 22.8 Å². The number of nitrogens with zero attached hydrogens (tertiary/aromatic N) is 3. The van der Waals surface area contributed by atoms with Gasteiger partial charge in [-0.25, -0.2) is 8.42 Å². The second-order valence-electron chi connectivity index (χ2n) is 9.53. The number of hydrogen-bond acceptors (Lipinski definition) is 6. The molecule has 0 radical (unpaired) electrons. The highest BCUT2D eigenvalue weighted by molar-refractivity contribution is 7.91. The van der Waals surface area contributed by atoms with Crippen LogP contribution in [0.1, 0.15) is 55.7 Å². The minimum Gasteiger partial charge on any atom is -0.496 e. The quantitative estimate of drug-likeness (QED) is 0.473. The van der Waals surface area contributed by atoms with E-state index in [0.717, 1.165) is 6.92 Å². The Labute approximate surface area is 219 Å². The molecule has 1 amide bonds. The van der Waals surface area contributed by atoms with Crippen molar-refractivity contribution < 1.29 is 31.1 Å². The Bertz CT molecular complexity index is 1230. The van der Waals surface area contributed by atoms with Crippen molar-refractivity contribution in [3.63, 3.8) is 0 Å². The minimum atomic E-state index is -4.34. The highest BCUT2D eigenvalue weighted by Crippen LogP contribution is 2.38. The van der Waals surface area contributed by atoms with E-state index >= 15 is 0 Å². The third kappa shape index (κ3) is 6.95. The van der Waals surface area contributed by atoms with Gasteiger partial charge in [0.15, 0.2) is 5.69 Å². The largest absolute Gasteiger partial charge is 0.496 e. The molecule has 1 fully saturated rings. The van der Waals surface area contributed by atoms with Gasteiger partial charge in [0.1, 0.15) is 15.6 Å². The van der Waals surface area contributed by atoms with E-state index in [4.69, 9.17) is 16.3 Å². The predicted molar refractivity (Wildman–Crippen MR) is 135 cm³/mol. The summed E-state index contributed by atoms with van der Waals surface area (Å²) in [6.07, 6.45) is 0.524. The third-order valence-corrected chi connectivity index (χ3v) is 8.87. The lowest BCUT2D eigenvalue weighted by molar-refractivity contribution is -0.169. The van der Waals surface area contributed by atoms with E-state index in [9.17, 15) is 26.4 Å². The number of aryl methyl sites for hydroxylation is 1. The number of sulfone groups is 1. The maximum Gasteiger partial charge on any atom is 0.391 e. The van der Waals surface area contributed by atoms with Gasteiger partial charge in [0.05, 0.1) is 34.6 Å². The molecule has 206 valence electrons. The lowest BCUT2D eigenvalue weighted by atomic mass is 9.89. The van der Waals surface area contributed by atoms with E-state index in [1.54, 1.807) is 0 Å². The van der Waals surface area contributed by atoms with Crippen LogP contribution in [-0.4, -0.2) is 60.4 Å². The average Bonchev–Trinajstić information content (AvgIpc) is 3.17. The highest BCUT2D eigenvalue weighted by atomic mass is 35.5. The first kappa shape index (κ1) is 29.2. The summed E-state index contributed by atoms with van der Waals surface area (Å²) < 4.78 is 69.4. The van der Waals surface area contributed by atoms with Crippen LogP contribution in [0.15, 0.2) is 12.3 Å². The number of amides is 1. The van der Waals surface area contributed by atoms with Crippen molar-refractivity contribution >= 4 is 27.3 Å². The van der Waals surface area contributed by atoms with E-state index in [1.165, 1.54) is 30.3 Å². The van der Waals surface area contributed by atoms with Crippen molar-refractivity contribution in [2.45, 2.75) is 63.9 Å². The molecule has 0 saturated heterocycles. The maximum absolute atomic E-state index is 13.0. The first-order chi connectivity index (χ1) is 17.3. The van der Waals surface area contributed by atoms with Crippen LogP contribution in [0.5, 0.6) is 5.75 Å². The summed E-state index contributed by atoms with van der Waals surface area (Å²) in [5.74, 6) is -1.61. The van der Waals surface area contributed by atoms with Gasteiger partial charge in [-0.1, -0.05) is 18.5 Å². The van der Waals surface area contributed by atoms with E-state index in [2.05, 4.69) is 15.4 Å². The topological polar surface area (TPSA) is 103 Å². The smallest absolute Gasteiger partial charge is 0.391 e. The monoisotopic (exact) mass is 564 g/mol. The molecule has 1 aliphatic carbocycles. The standard InChI is InChI=1S/C24H32ClF3N4O4S/c1-5-32-22(18-13-29-16(11-19(18)36-3)10-14(2)24(26,27)28)20(25)21(31-32)23(33)30-12-15-6-8-17(9-7-15)37(4,34)35/h11,13-15,17H,5-10,12H2,1-4H3,(H,30,33)/t14-,15-,17-/m1/s1. The van der Waals surface area contributed by atoms with E-state index in [0.29, 0.717) is 50.0 Å². The molecule has 2 aromatic rings. The van der Waals surface area contributed by atoms with Crippen LogP contribution in [0.25, 0.3) is 11.3 Å². The molecule has 2 heterocycles. The number of halogens is 4. The molecule has 0 aliphatic heterocycles. The SMILES string of the molecule is CCn1nc(C(=O)NC[C@H]2CC[C@H](S(C)(=O)=O)CC2)c(Cl)c1-c1cnc(C[C@@H](C)C(F)(F)F)cc1OC. The Kier molecular flexibility index (Phi) is 9.15. The zero-order valence-corrected chi connectivity index (χ0v) is 22.8. The van der Waals surface area contributed by atoms with Gasteiger partial charge in [-0.3, -0.25) is 14.5 Å². The van der Waals surface area contributed by atoms with Gasteiger partial charge in [-0.2, -0.15) is 18.3 Å². The lowest BCUT2D eigenvalue weighted by Crippen LogP contribution is -2.34. The molecule has 1 N–H and O–H groups in total. The van der Waals surface area contributed by atoms with Crippen LogP contribution < -0.4 is 10.1 Å². The summed E-state index contributed by atoms with van der Waals surface area (Å²) >= 11 is 6.60. The van der Waals surface area contributed by atoms with E-state index < -0.39 is 27.8 Å². The molecule has 1 aliphatic rings. The Balaban J connectivity index is 1.78. The second kappa shape index (κ2) is 11.6. The average molecular weight is 565 g/mol. The van der Waals surface area contributed by atoms with Crippen molar-refractivity contribution in [1.82, 2.24) is 20.1 Å². The number of aromatic nitrogens is 3. The summed E-state index contributed by atoms with van der Waals surface area (Å²) in [7, 11) is -1.67. The molecular formula is C24H32ClF3N4O4S. The van der Waals surface area contributed by atoms with Gasteiger partial charge in [0, 0.05) is 43.7 Å². The zero-order chi connectivity index (χ0) is 27.5. The molecule has 37 heavy (non-hydrogen) atoms. The van der Waals surface area contributed by atoms with Crippen molar-refractivity contribution in [1.29, 1.82) is 0 Å². The molecule has 0 unspecified atom stereocenters. The first-order valence-electron chi connectivity index (χ1n) is 12.1. The number of methoxy groups -OCH3 is 1. The van der Waals surface area contributed by atoms with Crippen molar-refractivity contribution in [3.05, 3.63) is 28.7 Å². The summed E-state index contributed by atoms with van der Waals surface area (Å²) in [6, 6.07) is 1.44. The van der Waals surface area contributed by atoms with Crippen molar-refractivity contribution in [2.75, 3.05) is 19.9 Å². The number of carbonyl (C=O) groups is 1. The maximum atomic E-state index is 13.0. The van der Waals surface area contributed by atoms with Crippen LogP contribution in [0, 0.1) is 11.8 Å². The molecule has 13 heteroatoms. The van der Waals surface area contributed by atoms with E-state index in [-0.39, 0.29) is 39.7 Å². The minimum absolute atomic E-state index is 0.0140. The second-order valence-corrected chi connectivity index (χ2v) is 12.2. The summed E-state index contributed by atoms with van der Waals surface area (Å²) in [5.41, 5.74) is 1.01. The van der Waals surface area contributed by atoms with Crippen molar-refractivity contribution in [2.24, 2.45) is 11.8 Å². The zero-order valence-electron chi connectivity index (χ0n) is 21.2. The van der Waals surface area contributed by atoms with Gasteiger partial charge >= 0.3 is 6.18 Å². The number of ether oxygens (including phenoxy) is 1. The number of rotatable bonds is 9. The van der Waals surface area contributed by atoms with E-state index in [1.807, 2.05) is 6.92 Å². The number of nitrogens with one attached hydrogen (secondary N) is 1. The van der Waals surface area contributed by atoms with Gasteiger partial charge in [-0.15, -0.1) is 0 Å². The van der Waals surface area contributed by atoms with Gasteiger partial charge in [0.2, 0.25) is 0 Å². The van der Waals surface area contributed by atoms with Crippen LogP contribution in [0.2, 0.25) is 5.02 Å².